The third kappa shape index (κ3) is 4.54. The van der Waals surface area contributed by atoms with Gasteiger partial charge in [-0.1, -0.05) is 12.1 Å². The maximum absolute atomic E-state index is 11.8. The van der Waals surface area contributed by atoms with E-state index in [1.807, 2.05) is 38.1 Å². The van der Waals surface area contributed by atoms with Gasteiger partial charge in [-0.25, -0.2) is 0 Å². The smallest absolute Gasteiger partial charge is 0.250 e. The predicted octanol–water partition coefficient (Wildman–Crippen LogP) is 1.24. The highest BCUT2D eigenvalue weighted by atomic mass is 16.5. The van der Waals surface area contributed by atoms with E-state index in [2.05, 4.69) is 5.32 Å². The number of carbonyl (C=O) groups excluding carboxylic acids is 1. The molecule has 1 aromatic carbocycles. The summed E-state index contributed by atoms with van der Waals surface area (Å²) in [6, 6.07) is 7.53. The zero-order chi connectivity index (χ0) is 14.3. The van der Waals surface area contributed by atoms with E-state index in [0.29, 0.717) is 6.61 Å². The largest absolute Gasteiger partial charge is 0.494 e. The summed E-state index contributed by atoms with van der Waals surface area (Å²) in [5.41, 5.74) is 6.45. The molecule has 0 spiro atoms. The van der Waals surface area contributed by atoms with E-state index in [-0.39, 0.29) is 18.5 Å². The van der Waals surface area contributed by atoms with Gasteiger partial charge in [0.1, 0.15) is 11.9 Å². The Bertz CT molecular complexity index is 388. The number of methoxy groups -OCH3 is 1. The highest BCUT2D eigenvalue weighted by molar-refractivity contribution is 5.81. The summed E-state index contributed by atoms with van der Waals surface area (Å²) in [4.78, 5) is 11.8. The van der Waals surface area contributed by atoms with Crippen molar-refractivity contribution >= 4 is 5.91 Å². The Kier molecular flexibility index (Phi) is 6.32. The number of rotatable bonds is 7. The first kappa shape index (κ1) is 15.5. The van der Waals surface area contributed by atoms with Gasteiger partial charge in [0.2, 0.25) is 0 Å². The molecule has 0 aliphatic heterocycles. The van der Waals surface area contributed by atoms with Crippen molar-refractivity contribution < 1.29 is 14.3 Å². The maximum atomic E-state index is 11.8. The first-order valence-corrected chi connectivity index (χ1v) is 6.38. The molecule has 0 saturated carbocycles. The van der Waals surface area contributed by atoms with Crippen molar-refractivity contribution in [2.75, 3.05) is 20.3 Å². The molecule has 0 radical (unpaired) electrons. The molecule has 106 valence electrons. The molecule has 2 unspecified atom stereocenters. The molecule has 0 bridgehead atoms. The van der Waals surface area contributed by atoms with Crippen LogP contribution in [0.4, 0.5) is 0 Å². The van der Waals surface area contributed by atoms with Gasteiger partial charge in [-0.05, 0) is 31.5 Å². The van der Waals surface area contributed by atoms with Crippen molar-refractivity contribution in [3.05, 3.63) is 29.8 Å². The van der Waals surface area contributed by atoms with E-state index < -0.39 is 6.10 Å². The van der Waals surface area contributed by atoms with Crippen LogP contribution in [0, 0.1) is 0 Å². The fourth-order valence-corrected chi connectivity index (χ4v) is 1.72. The molecule has 0 heterocycles. The van der Waals surface area contributed by atoms with Gasteiger partial charge >= 0.3 is 0 Å². The lowest BCUT2D eigenvalue weighted by Crippen LogP contribution is -2.41. The zero-order valence-electron chi connectivity index (χ0n) is 11.7. The quantitative estimate of drug-likeness (QED) is 0.778. The number of amides is 1. The average Bonchev–Trinajstić information content (AvgIpc) is 2.41. The number of benzene rings is 1. The number of ether oxygens (including phenoxy) is 2. The van der Waals surface area contributed by atoms with Gasteiger partial charge in [0.25, 0.3) is 5.91 Å². The Balaban J connectivity index is 2.62. The van der Waals surface area contributed by atoms with Crippen LogP contribution in [0.2, 0.25) is 0 Å². The summed E-state index contributed by atoms with van der Waals surface area (Å²) < 4.78 is 10.4. The SMILES string of the molecule is CCOc1ccc(C(C)NC(=O)C(CN)OC)cc1. The van der Waals surface area contributed by atoms with Gasteiger partial charge in [0.15, 0.2) is 0 Å². The minimum atomic E-state index is -0.606. The summed E-state index contributed by atoms with van der Waals surface area (Å²) in [5, 5.41) is 2.86. The number of hydrogen-bond acceptors (Lipinski definition) is 4. The summed E-state index contributed by atoms with van der Waals surface area (Å²) >= 11 is 0. The second kappa shape index (κ2) is 7.76. The third-order valence-corrected chi connectivity index (χ3v) is 2.84. The van der Waals surface area contributed by atoms with Crippen molar-refractivity contribution in [3.63, 3.8) is 0 Å². The average molecular weight is 266 g/mol. The van der Waals surface area contributed by atoms with Gasteiger partial charge in [0, 0.05) is 13.7 Å². The summed E-state index contributed by atoms with van der Waals surface area (Å²) in [7, 11) is 1.47. The summed E-state index contributed by atoms with van der Waals surface area (Å²) in [5.74, 6) is 0.618. The van der Waals surface area contributed by atoms with Gasteiger partial charge in [-0.15, -0.1) is 0 Å². The van der Waals surface area contributed by atoms with Crippen molar-refractivity contribution in [3.8, 4) is 5.75 Å². The Labute approximate surface area is 114 Å². The van der Waals surface area contributed by atoms with Gasteiger partial charge in [0.05, 0.1) is 12.6 Å². The molecular formula is C14H22N2O3. The van der Waals surface area contributed by atoms with E-state index >= 15 is 0 Å². The van der Waals surface area contributed by atoms with Crippen molar-refractivity contribution in [2.45, 2.75) is 26.0 Å². The minimum Gasteiger partial charge on any atom is -0.494 e. The fourth-order valence-electron chi connectivity index (χ4n) is 1.72. The zero-order valence-corrected chi connectivity index (χ0v) is 11.7. The molecule has 5 heteroatoms. The standard InChI is InChI=1S/C14H22N2O3/c1-4-19-12-7-5-11(6-8-12)10(2)16-14(17)13(9-15)18-3/h5-8,10,13H,4,9,15H2,1-3H3,(H,16,17). The van der Waals surface area contributed by atoms with E-state index in [0.717, 1.165) is 11.3 Å². The van der Waals surface area contributed by atoms with Crippen LogP contribution in [0.5, 0.6) is 5.75 Å². The topological polar surface area (TPSA) is 73.6 Å². The van der Waals surface area contributed by atoms with Crippen molar-refractivity contribution in [1.82, 2.24) is 5.32 Å². The number of hydrogen-bond donors (Lipinski definition) is 2. The molecule has 1 amide bonds. The van der Waals surface area contributed by atoms with E-state index in [1.54, 1.807) is 0 Å². The lowest BCUT2D eigenvalue weighted by atomic mass is 10.1. The molecule has 0 aromatic heterocycles. The van der Waals surface area contributed by atoms with Crippen LogP contribution in [0.3, 0.4) is 0 Å². The highest BCUT2D eigenvalue weighted by Crippen LogP contribution is 2.17. The molecular weight excluding hydrogens is 244 g/mol. The normalized spacial score (nSPS) is 13.7. The summed E-state index contributed by atoms with van der Waals surface area (Å²) in [6.45, 7) is 4.65. The Hall–Kier alpha value is -1.59. The van der Waals surface area contributed by atoms with Crippen LogP contribution in [0.15, 0.2) is 24.3 Å². The first-order valence-electron chi connectivity index (χ1n) is 6.38. The Morgan fingerprint density at radius 3 is 2.47 bits per heavy atom. The number of nitrogens with two attached hydrogens (primary N) is 1. The van der Waals surface area contributed by atoms with E-state index in [4.69, 9.17) is 15.2 Å². The molecule has 2 atom stereocenters. The molecule has 19 heavy (non-hydrogen) atoms. The summed E-state index contributed by atoms with van der Waals surface area (Å²) in [6.07, 6.45) is -0.606. The van der Waals surface area contributed by atoms with Crippen LogP contribution < -0.4 is 15.8 Å². The second-order valence-corrected chi connectivity index (χ2v) is 4.19. The van der Waals surface area contributed by atoms with Crippen LogP contribution in [0.1, 0.15) is 25.5 Å². The van der Waals surface area contributed by atoms with Gasteiger partial charge in [-0.2, -0.15) is 0 Å². The second-order valence-electron chi connectivity index (χ2n) is 4.19. The predicted molar refractivity (Wildman–Crippen MR) is 74.0 cm³/mol. The Morgan fingerprint density at radius 1 is 1.37 bits per heavy atom. The van der Waals surface area contributed by atoms with Crippen molar-refractivity contribution in [1.29, 1.82) is 0 Å². The fraction of sp³-hybridized carbons (Fsp3) is 0.500. The molecule has 3 N–H and O–H groups in total. The molecule has 0 fully saturated rings. The van der Waals surface area contributed by atoms with Gasteiger partial charge < -0.3 is 20.5 Å². The van der Waals surface area contributed by atoms with Gasteiger partial charge in [-0.3, -0.25) is 4.79 Å². The van der Waals surface area contributed by atoms with Crippen LogP contribution in [0.25, 0.3) is 0 Å². The molecule has 0 saturated heterocycles. The molecule has 5 nitrogen and oxygen atoms in total. The Morgan fingerprint density at radius 2 is 2.00 bits per heavy atom. The minimum absolute atomic E-state index is 0.104. The third-order valence-electron chi connectivity index (χ3n) is 2.84. The van der Waals surface area contributed by atoms with Crippen molar-refractivity contribution in [2.24, 2.45) is 5.73 Å². The molecule has 1 rings (SSSR count). The first-order chi connectivity index (χ1) is 9.12. The molecule has 0 aliphatic carbocycles. The monoisotopic (exact) mass is 266 g/mol. The van der Waals surface area contributed by atoms with Crippen LogP contribution in [-0.4, -0.2) is 32.3 Å². The van der Waals surface area contributed by atoms with Crippen LogP contribution in [-0.2, 0) is 9.53 Å². The number of nitrogens with one attached hydrogen (secondary N) is 1. The highest BCUT2D eigenvalue weighted by Gasteiger charge is 2.18. The molecule has 0 aliphatic rings. The van der Waals surface area contributed by atoms with E-state index in [9.17, 15) is 4.79 Å². The number of carbonyl (C=O) groups is 1. The van der Waals surface area contributed by atoms with E-state index in [1.165, 1.54) is 7.11 Å². The lowest BCUT2D eigenvalue weighted by molar-refractivity contribution is -0.131. The molecule has 1 aromatic rings. The maximum Gasteiger partial charge on any atom is 0.250 e. The lowest BCUT2D eigenvalue weighted by Gasteiger charge is -2.18. The van der Waals surface area contributed by atoms with Crippen LogP contribution >= 0.6 is 0 Å².